The number of amides is 1. The molecule has 150 valence electrons. The third-order valence-corrected chi connectivity index (χ3v) is 4.94. The fraction of sp³-hybridized carbons (Fsp3) is 0.0435. The van der Waals surface area contributed by atoms with Gasteiger partial charge in [0.2, 0.25) is 0 Å². The van der Waals surface area contributed by atoms with Crippen molar-refractivity contribution in [2.24, 2.45) is 0 Å². The summed E-state index contributed by atoms with van der Waals surface area (Å²) in [6.07, 6.45) is 1.43. The molecule has 0 aromatic heterocycles. The van der Waals surface area contributed by atoms with Crippen molar-refractivity contribution in [1.29, 1.82) is 5.26 Å². The summed E-state index contributed by atoms with van der Waals surface area (Å²) in [5, 5.41) is 13.7. The molecular formula is C23H15Cl3N2O2. The molecule has 7 heteroatoms. The number of carbonyl (C=O) groups is 1. The maximum absolute atomic E-state index is 12.5. The van der Waals surface area contributed by atoms with Crippen LogP contribution < -0.4 is 10.1 Å². The van der Waals surface area contributed by atoms with E-state index in [1.807, 2.05) is 24.3 Å². The van der Waals surface area contributed by atoms with Gasteiger partial charge >= 0.3 is 0 Å². The van der Waals surface area contributed by atoms with Crippen molar-refractivity contribution in [2.75, 3.05) is 5.32 Å². The van der Waals surface area contributed by atoms with Crippen LogP contribution in [0.2, 0.25) is 15.1 Å². The maximum atomic E-state index is 12.5. The summed E-state index contributed by atoms with van der Waals surface area (Å²) in [6, 6.07) is 20.8. The van der Waals surface area contributed by atoms with Gasteiger partial charge in [-0.1, -0.05) is 53.0 Å². The van der Waals surface area contributed by atoms with Crippen molar-refractivity contribution in [2.45, 2.75) is 6.61 Å². The van der Waals surface area contributed by atoms with Crippen LogP contribution in [-0.4, -0.2) is 5.91 Å². The molecule has 0 aliphatic rings. The number of benzene rings is 3. The van der Waals surface area contributed by atoms with Gasteiger partial charge in [-0.2, -0.15) is 5.26 Å². The standard InChI is InChI=1S/C23H15Cl3N2O2/c24-18-5-8-20(9-6-18)28-23(29)17(13-27)11-16-12-19(25)7-10-22(16)30-14-15-3-1-2-4-21(15)26/h1-12H,14H2,(H,28,29)/b17-11+. The lowest BCUT2D eigenvalue weighted by Gasteiger charge is -2.11. The monoisotopic (exact) mass is 456 g/mol. The van der Waals surface area contributed by atoms with E-state index in [9.17, 15) is 10.1 Å². The second kappa shape index (κ2) is 10.2. The molecule has 1 N–H and O–H groups in total. The highest BCUT2D eigenvalue weighted by Crippen LogP contribution is 2.27. The molecule has 0 spiro atoms. The Labute approximate surface area is 189 Å². The molecule has 0 aliphatic carbocycles. The summed E-state index contributed by atoms with van der Waals surface area (Å²) in [4.78, 5) is 12.5. The molecule has 0 fully saturated rings. The van der Waals surface area contributed by atoms with Gasteiger partial charge in [0.25, 0.3) is 5.91 Å². The van der Waals surface area contributed by atoms with Crippen LogP contribution in [0.15, 0.2) is 72.3 Å². The van der Waals surface area contributed by atoms with Gasteiger partial charge in [-0.25, -0.2) is 0 Å². The number of ether oxygens (including phenoxy) is 1. The molecule has 0 saturated carbocycles. The third-order valence-electron chi connectivity index (χ3n) is 4.08. The Bertz CT molecular complexity index is 1140. The molecular weight excluding hydrogens is 443 g/mol. The highest BCUT2D eigenvalue weighted by atomic mass is 35.5. The van der Waals surface area contributed by atoms with Crippen LogP contribution in [-0.2, 0) is 11.4 Å². The highest BCUT2D eigenvalue weighted by Gasteiger charge is 2.12. The lowest BCUT2D eigenvalue weighted by Crippen LogP contribution is -2.13. The Kier molecular flexibility index (Phi) is 7.37. The first-order chi connectivity index (χ1) is 14.5. The zero-order chi connectivity index (χ0) is 21.5. The molecule has 0 bridgehead atoms. The van der Waals surface area contributed by atoms with Gasteiger partial charge in [0, 0.05) is 31.9 Å². The van der Waals surface area contributed by atoms with E-state index in [1.165, 1.54) is 6.08 Å². The summed E-state index contributed by atoms with van der Waals surface area (Å²) in [7, 11) is 0. The lowest BCUT2D eigenvalue weighted by molar-refractivity contribution is -0.112. The SMILES string of the molecule is N#C/C(=C\c1cc(Cl)ccc1OCc1ccccc1Cl)C(=O)Nc1ccc(Cl)cc1. The molecule has 3 aromatic carbocycles. The van der Waals surface area contributed by atoms with Gasteiger partial charge in [0.1, 0.15) is 24.0 Å². The summed E-state index contributed by atoms with van der Waals surface area (Å²) >= 11 is 18.1. The van der Waals surface area contributed by atoms with Gasteiger partial charge in [0.15, 0.2) is 0 Å². The molecule has 0 aliphatic heterocycles. The molecule has 30 heavy (non-hydrogen) atoms. The second-order valence-corrected chi connectivity index (χ2v) is 7.47. The Morgan fingerprint density at radius 2 is 1.70 bits per heavy atom. The van der Waals surface area contributed by atoms with Gasteiger partial charge in [0.05, 0.1) is 0 Å². The van der Waals surface area contributed by atoms with Crippen molar-refractivity contribution in [3.05, 3.63) is 98.5 Å². The minimum Gasteiger partial charge on any atom is -0.488 e. The summed E-state index contributed by atoms with van der Waals surface area (Å²) in [5.74, 6) is -0.0942. The molecule has 3 rings (SSSR count). The molecule has 0 saturated heterocycles. The van der Waals surface area contributed by atoms with E-state index in [2.05, 4.69) is 5.32 Å². The van der Waals surface area contributed by atoms with Gasteiger partial charge in [-0.05, 0) is 54.6 Å². The van der Waals surface area contributed by atoms with E-state index in [1.54, 1.807) is 48.5 Å². The normalized spacial score (nSPS) is 10.9. The summed E-state index contributed by atoms with van der Waals surface area (Å²) in [5.41, 5.74) is 1.73. The minimum absolute atomic E-state index is 0.102. The minimum atomic E-state index is -0.558. The first-order valence-electron chi connectivity index (χ1n) is 8.81. The molecule has 0 unspecified atom stereocenters. The molecule has 0 heterocycles. The zero-order valence-corrected chi connectivity index (χ0v) is 17.8. The summed E-state index contributed by atoms with van der Waals surface area (Å²) < 4.78 is 5.87. The van der Waals surface area contributed by atoms with Gasteiger partial charge in [-0.3, -0.25) is 4.79 Å². The number of nitrogens with one attached hydrogen (secondary N) is 1. The van der Waals surface area contributed by atoms with Crippen LogP contribution in [0.1, 0.15) is 11.1 Å². The average molecular weight is 458 g/mol. The quantitative estimate of drug-likeness (QED) is 0.328. The molecule has 0 radical (unpaired) electrons. The van der Waals surface area contributed by atoms with Crippen molar-refractivity contribution >= 4 is 52.5 Å². The lowest BCUT2D eigenvalue weighted by atomic mass is 10.1. The molecule has 1 amide bonds. The molecule has 3 aromatic rings. The van der Waals surface area contributed by atoms with Crippen molar-refractivity contribution < 1.29 is 9.53 Å². The van der Waals surface area contributed by atoms with E-state index >= 15 is 0 Å². The highest BCUT2D eigenvalue weighted by molar-refractivity contribution is 6.31. The third kappa shape index (κ3) is 5.77. The number of hydrogen-bond acceptors (Lipinski definition) is 3. The predicted molar refractivity (Wildman–Crippen MR) is 121 cm³/mol. The van der Waals surface area contributed by atoms with Crippen LogP contribution in [0.25, 0.3) is 6.08 Å². The van der Waals surface area contributed by atoms with E-state index in [4.69, 9.17) is 39.5 Å². The number of nitrogens with zero attached hydrogens (tertiary/aromatic N) is 1. The summed E-state index contributed by atoms with van der Waals surface area (Å²) in [6.45, 7) is 0.223. The van der Waals surface area contributed by atoms with Crippen molar-refractivity contribution in [3.63, 3.8) is 0 Å². The first kappa shape index (κ1) is 21.7. The Morgan fingerprint density at radius 3 is 2.40 bits per heavy atom. The number of hydrogen-bond donors (Lipinski definition) is 1. The first-order valence-corrected chi connectivity index (χ1v) is 9.94. The van der Waals surface area contributed by atoms with E-state index < -0.39 is 5.91 Å². The van der Waals surface area contributed by atoms with Crippen LogP contribution in [0.4, 0.5) is 5.69 Å². The van der Waals surface area contributed by atoms with Crippen LogP contribution in [0.3, 0.4) is 0 Å². The smallest absolute Gasteiger partial charge is 0.266 e. The van der Waals surface area contributed by atoms with E-state index in [-0.39, 0.29) is 12.2 Å². The number of nitriles is 1. The van der Waals surface area contributed by atoms with E-state index in [0.717, 1.165) is 5.56 Å². The topological polar surface area (TPSA) is 62.1 Å². The fourth-order valence-electron chi connectivity index (χ4n) is 2.57. The second-order valence-electron chi connectivity index (χ2n) is 6.19. The number of anilines is 1. The van der Waals surface area contributed by atoms with Crippen molar-refractivity contribution in [1.82, 2.24) is 0 Å². The molecule has 4 nitrogen and oxygen atoms in total. The van der Waals surface area contributed by atoms with E-state index in [0.29, 0.717) is 32.1 Å². The van der Waals surface area contributed by atoms with Crippen LogP contribution in [0.5, 0.6) is 5.75 Å². The van der Waals surface area contributed by atoms with Crippen LogP contribution in [0, 0.1) is 11.3 Å². The predicted octanol–water partition coefficient (Wildman–Crippen LogP) is 6.77. The number of carbonyl (C=O) groups excluding carboxylic acids is 1. The number of rotatable bonds is 6. The van der Waals surface area contributed by atoms with Crippen LogP contribution >= 0.6 is 34.8 Å². The largest absolute Gasteiger partial charge is 0.488 e. The Balaban J connectivity index is 1.83. The average Bonchev–Trinajstić information content (AvgIpc) is 2.74. The van der Waals surface area contributed by atoms with Crippen molar-refractivity contribution in [3.8, 4) is 11.8 Å². The maximum Gasteiger partial charge on any atom is 0.266 e. The Hall–Kier alpha value is -2.97. The fourth-order valence-corrected chi connectivity index (χ4v) is 3.07. The Morgan fingerprint density at radius 1 is 1.00 bits per heavy atom. The molecule has 0 atom stereocenters. The van der Waals surface area contributed by atoms with Gasteiger partial charge < -0.3 is 10.1 Å². The number of halogens is 3. The van der Waals surface area contributed by atoms with Gasteiger partial charge in [-0.15, -0.1) is 0 Å². The zero-order valence-electron chi connectivity index (χ0n) is 15.5.